The molecule has 108 valence electrons. The van der Waals surface area contributed by atoms with Gasteiger partial charge >= 0.3 is 12.0 Å². The number of nitrogens with one attached hydrogen (secondary N) is 1. The number of methoxy groups -OCH3 is 1. The van der Waals surface area contributed by atoms with Gasteiger partial charge in [-0.15, -0.1) is 0 Å². The average Bonchev–Trinajstić information content (AvgIpc) is 2.46. The maximum absolute atomic E-state index is 12.1. The minimum absolute atomic E-state index is 0.167. The number of ether oxygens (including phenoxy) is 2. The molecule has 2 rings (SSSR count). The predicted octanol–water partition coefficient (Wildman–Crippen LogP) is 0.674. The Morgan fingerprint density at radius 2 is 2.30 bits per heavy atom. The first kappa shape index (κ1) is 14.1. The number of anilines is 2. The monoisotopic (exact) mass is 279 g/mol. The number of rotatable bonds is 2. The van der Waals surface area contributed by atoms with Crippen LogP contribution in [-0.4, -0.2) is 49.8 Å². The fourth-order valence-electron chi connectivity index (χ4n) is 1.93. The van der Waals surface area contributed by atoms with E-state index in [4.69, 9.17) is 10.5 Å². The third-order valence-corrected chi connectivity index (χ3v) is 2.96. The van der Waals surface area contributed by atoms with Crippen LogP contribution < -0.4 is 11.1 Å². The maximum atomic E-state index is 12.1. The van der Waals surface area contributed by atoms with Gasteiger partial charge in [0.05, 0.1) is 20.3 Å². The van der Waals surface area contributed by atoms with E-state index in [0.29, 0.717) is 24.5 Å². The predicted molar refractivity (Wildman–Crippen MR) is 73.2 cm³/mol. The van der Waals surface area contributed by atoms with Crippen molar-refractivity contribution in [2.24, 2.45) is 0 Å². The number of hydrogen-bond donors (Lipinski definition) is 2. The molecule has 0 aromatic heterocycles. The molecule has 1 fully saturated rings. The van der Waals surface area contributed by atoms with Crippen molar-refractivity contribution in [3.8, 4) is 0 Å². The van der Waals surface area contributed by atoms with Gasteiger partial charge < -0.3 is 25.4 Å². The van der Waals surface area contributed by atoms with Gasteiger partial charge in [-0.25, -0.2) is 9.59 Å². The molecule has 1 aliphatic rings. The highest BCUT2D eigenvalue weighted by atomic mass is 16.6. The van der Waals surface area contributed by atoms with Crippen molar-refractivity contribution < 1.29 is 19.1 Å². The van der Waals surface area contributed by atoms with E-state index in [1.807, 2.05) is 0 Å². The number of morpholine rings is 1. The number of nitrogens with zero attached hydrogens (tertiary/aromatic N) is 1. The highest BCUT2D eigenvalue weighted by molar-refractivity contribution is 5.90. The molecular formula is C13H17N3O4. The van der Waals surface area contributed by atoms with Gasteiger partial charge in [-0.1, -0.05) is 6.07 Å². The average molecular weight is 279 g/mol. The Labute approximate surface area is 116 Å². The summed E-state index contributed by atoms with van der Waals surface area (Å²) < 4.78 is 9.88. The largest absolute Gasteiger partial charge is 0.467 e. The van der Waals surface area contributed by atoms with Crippen molar-refractivity contribution in [3.05, 3.63) is 24.3 Å². The van der Waals surface area contributed by atoms with Gasteiger partial charge in [0.25, 0.3) is 0 Å². The van der Waals surface area contributed by atoms with Gasteiger partial charge in [-0.3, -0.25) is 0 Å². The zero-order valence-corrected chi connectivity index (χ0v) is 11.2. The van der Waals surface area contributed by atoms with E-state index >= 15 is 0 Å². The number of hydrogen-bond acceptors (Lipinski definition) is 5. The normalized spacial score (nSPS) is 18.4. The molecule has 20 heavy (non-hydrogen) atoms. The SMILES string of the molecule is COC(=O)C1CN(C(=O)Nc2cccc(N)c2)CCO1. The summed E-state index contributed by atoms with van der Waals surface area (Å²) in [5.74, 6) is -0.480. The van der Waals surface area contributed by atoms with E-state index in [1.54, 1.807) is 24.3 Å². The summed E-state index contributed by atoms with van der Waals surface area (Å²) in [6.07, 6.45) is -0.736. The Kier molecular flexibility index (Phi) is 4.41. The van der Waals surface area contributed by atoms with Crippen molar-refractivity contribution in [1.29, 1.82) is 0 Å². The van der Waals surface area contributed by atoms with Crippen LogP contribution in [0.25, 0.3) is 0 Å². The number of carbonyl (C=O) groups excluding carboxylic acids is 2. The van der Waals surface area contributed by atoms with E-state index in [9.17, 15) is 9.59 Å². The molecule has 1 aromatic rings. The Morgan fingerprint density at radius 1 is 1.50 bits per heavy atom. The minimum Gasteiger partial charge on any atom is -0.467 e. The first-order chi connectivity index (χ1) is 9.60. The maximum Gasteiger partial charge on any atom is 0.336 e. The van der Waals surface area contributed by atoms with Crippen LogP contribution in [0.2, 0.25) is 0 Å². The molecule has 0 bridgehead atoms. The molecule has 3 N–H and O–H groups in total. The van der Waals surface area contributed by atoms with Crippen molar-refractivity contribution in [2.45, 2.75) is 6.10 Å². The summed E-state index contributed by atoms with van der Waals surface area (Å²) in [5, 5.41) is 2.73. The number of carbonyl (C=O) groups is 2. The van der Waals surface area contributed by atoms with E-state index in [1.165, 1.54) is 12.0 Å². The third-order valence-electron chi connectivity index (χ3n) is 2.96. The van der Waals surface area contributed by atoms with Crippen LogP contribution in [-0.2, 0) is 14.3 Å². The molecule has 0 radical (unpaired) electrons. The molecule has 7 nitrogen and oxygen atoms in total. The molecule has 1 aromatic carbocycles. The fourth-order valence-corrected chi connectivity index (χ4v) is 1.93. The van der Waals surface area contributed by atoms with Crippen LogP contribution in [0.4, 0.5) is 16.2 Å². The van der Waals surface area contributed by atoms with E-state index in [-0.39, 0.29) is 12.6 Å². The smallest absolute Gasteiger partial charge is 0.336 e. The molecule has 1 aliphatic heterocycles. The highest BCUT2D eigenvalue weighted by Crippen LogP contribution is 2.14. The second-order valence-electron chi connectivity index (χ2n) is 4.38. The van der Waals surface area contributed by atoms with Crippen molar-refractivity contribution in [1.82, 2.24) is 4.90 Å². The Hall–Kier alpha value is -2.28. The number of benzene rings is 1. The second kappa shape index (κ2) is 6.25. The van der Waals surface area contributed by atoms with Crippen molar-refractivity contribution in [2.75, 3.05) is 37.9 Å². The van der Waals surface area contributed by atoms with Gasteiger partial charge in [0.1, 0.15) is 0 Å². The summed E-state index contributed by atoms with van der Waals surface area (Å²) in [4.78, 5) is 25.0. The van der Waals surface area contributed by atoms with Crippen LogP contribution in [0, 0.1) is 0 Å². The molecule has 0 aliphatic carbocycles. The van der Waals surface area contributed by atoms with Crippen LogP contribution >= 0.6 is 0 Å². The highest BCUT2D eigenvalue weighted by Gasteiger charge is 2.29. The van der Waals surface area contributed by atoms with E-state index < -0.39 is 12.1 Å². The van der Waals surface area contributed by atoms with Gasteiger partial charge in [0.2, 0.25) is 0 Å². The second-order valence-corrected chi connectivity index (χ2v) is 4.38. The number of nitrogen functional groups attached to an aromatic ring is 1. The molecule has 7 heteroatoms. The summed E-state index contributed by atoms with van der Waals surface area (Å²) in [6, 6.07) is 6.59. The molecule has 1 atom stereocenters. The molecule has 0 saturated carbocycles. The molecule has 1 unspecified atom stereocenters. The summed E-state index contributed by atoms with van der Waals surface area (Å²) in [6.45, 7) is 0.882. The molecular weight excluding hydrogens is 262 g/mol. The summed E-state index contributed by atoms with van der Waals surface area (Å²) in [5.41, 5.74) is 6.82. The lowest BCUT2D eigenvalue weighted by molar-refractivity contribution is -0.158. The minimum atomic E-state index is -0.736. The standard InChI is InChI=1S/C13H17N3O4/c1-19-12(17)11-8-16(5-6-20-11)13(18)15-10-4-2-3-9(14)7-10/h2-4,7,11H,5-6,8,14H2,1H3,(H,15,18). The summed E-state index contributed by atoms with van der Waals surface area (Å²) >= 11 is 0. The Bertz CT molecular complexity index is 506. The number of urea groups is 1. The topological polar surface area (TPSA) is 93.9 Å². The molecule has 1 heterocycles. The Morgan fingerprint density at radius 3 is 3.00 bits per heavy atom. The first-order valence-corrected chi connectivity index (χ1v) is 6.21. The molecule has 2 amide bonds. The number of amides is 2. The molecule has 0 spiro atoms. The lowest BCUT2D eigenvalue weighted by atomic mass is 10.2. The van der Waals surface area contributed by atoms with Crippen molar-refractivity contribution in [3.63, 3.8) is 0 Å². The third kappa shape index (κ3) is 3.39. The lowest BCUT2D eigenvalue weighted by Gasteiger charge is -2.31. The van der Waals surface area contributed by atoms with Crippen LogP contribution in [0.15, 0.2) is 24.3 Å². The zero-order chi connectivity index (χ0) is 14.5. The van der Waals surface area contributed by atoms with Crippen LogP contribution in [0.1, 0.15) is 0 Å². The number of esters is 1. The lowest BCUT2D eigenvalue weighted by Crippen LogP contribution is -2.50. The van der Waals surface area contributed by atoms with E-state index in [0.717, 1.165) is 0 Å². The quantitative estimate of drug-likeness (QED) is 0.613. The van der Waals surface area contributed by atoms with Gasteiger partial charge in [-0.2, -0.15) is 0 Å². The molecule has 1 saturated heterocycles. The zero-order valence-electron chi connectivity index (χ0n) is 11.2. The van der Waals surface area contributed by atoms with Gasteiger partial charge in [0, 0.05) is 17.9 Å². The fraction of sp³-hybridized carbons (Fsp3) is 0.385. The van der Waals surface area contributed by atoms with Gasteiger partial charge in [-0.05, 0) is 18.2 Å². The Balaban J connectivity index is 1.97. The van der Waals surface area contributed by atoms with Crippen LogP contribution in [0.3, 0.4) is 0 Å². The number of nitrogens with two attached hydrogens (primary N) is 1. The van der Waals surface area contributed by atoms with Gasteiger partial charge in [0.15, 0.2) is 6.10 Å². The first-order valence-electron chi connectivity index (χ1n) is 6.21. The van der Waals surface area contributed by atoms with Crippen molar-refractivity contribution >= 4 is 23.4 Å². The van der Waals surface area contributed by atoms with E-state index in [2.05, 4.69) is 10.1 Å². The van der Waals surface area contributed by atoms with Crippen LogP contribution in [0.5, 0.6) is 0 Å². The summed E-state index contributed by atoms with van der Waals surface area (Å²) in [7, 11) is 1.29.